The summed E-state index contributed by atoms with van der Waals surface area (Å²) in [7, 11) is 0. The first-order chi connectivity index (χ1) is 8.65. The highest BCUT2D eigenvalue weighted by Gasteiger charge is 2.19. The fourth-order valence-electron chi connectivity index (χ4n) is 2.37. The molecule has 1 aromatic carbocycles. The fraction of sp³-hybridized carbons (Fsp3) is 0.571. The van der Waals surface area contributed by atoms with E-state index in [-0.39, 0.29) is 0 Å². The Labute approximate surface area is 113 Å². The second-order valence-electron chi connectivity index (χ2n) is 5.04. The van der Waals surface area contributed by atoms with Gasteiger partial charge in [-0.1, -0.05) is 11.6 Å². The Kier molecular flexibility index (Phi) is 4.87. The number of nitrogens with one attached hydrogen (secondary N) is 1. The molecule has 18 heavy (non-hydrogen) atoms. The third-order valence-electron chi connectivity index (χ3n) is 3.41. The first-order valence-electron chi connectivity index (χ1n) is 6.56. The van der Waals surface area contributed by atoms with Crippen LogP contribution in [0.5, 0.6) is 5.75 Å². The summed E-state index contributed by atoms with van der Waals surface area (Å²) in [5, 5.41) is 10.7. The lowest BCUT2D eigenvalue weighted by molar-refractivity contribution is -0.890. The zero-order chi connectivity index (χ0) is 13.0. The van der Waals surface area contributed by atoms with E-state index in [0.717, 1.165) is 22.9 Å². The number of aryl methyl sites for hydroxylation is 1. The average Bonchev–Trinajstić information content (AvgIpc) is 2.83. The van der Waals surface area contributed by atoms with Gasteiger partial charge in [0.15, 0.2) is 0 Å². The Hall–Kier alpha value is -0.770. The van der Waals surface area contributed by atoms with Gasteiger partial charge < -0.3 is 14.7 Å². The lowest BCUT2D eigenvalue weighted by atomic mass is 10.2. The van der Waals surface area contributed by atoms with Crippen LogP contribution in [0.3, 0.4) is 0 Å². The van der Waals surface area contributed by atoms with Crippen molar-refractivity contribution in [2.24, 2.45) is 0 Å². The van der Waals surface area contributed by atoms with Gasteiger partial charge in [-0.2, -0.15) is 0 Å². The van der Waals surface area contributed by atoms with Crippen molar-refractivity contribution in [1.82, 2.24) is 0 Å². The molecule has 1 unspecified atom stereocenters. The number of benzene rings is 1. The molecule has 0 saturated carbocycles. The molecule has 0 bridgehead atoms. The van der Waals surface area contributed by atoms with Crippen molar-refractivity contribution in [2.75, 3.05) is 26.2 Å². The largest absolute Gasteiger partial charge is 0.491 e. The predicted octanol–water partition coefficient (Wildman–Crippen LogP) is 1.07. The van der Waals surface area contributed by atoms with Crippen LogP contribution in [0.15, 0.2) is 18.2 Å². The monoisotopic (exact) mass is 270 g/mol. The Morgan fingerprint density at radius 1 is 1.39 bits per heavy atom. The lowest BCUT2D eigenvalue weighted by Gasteiger charge is -2.17. The SMILES string of the molecule is Cc1cc(OCC(O)C[NH+]2CCCC2)ccc1Cl. The first-order valence-corrected chi connectivity index (χ1v) is 6.93. The minimum absolute atomic E-state index is 0.352. The summed E-state index contributed by atoms with van der Waals surface area (Å²) in [4.78, 5) is 1.48. The van der Waals surface area contributed by atoms with Crippen molar-refractivity contribution >= 4 is 11.6 Å². The molecule has 0 radical (unpaired) electrons. The highest BCUT2D eigenvalue weighted by molar-refractivity contribution is 6.31. The number of rotatable bonds is 5. The molecule has 0 spiro atoms. The third-order valence-corrected chi connectivity index (χ3v) is 3.83. The van der Waals surface area contributed by atoms with Crippen molar-refractivity contribution in [1.29, 1.82) is 0 Å². The van der Waals surface area contributed by atoms with Gasteiger partial charge in [0.25, 0.3) is 0 Å². The fourth-order valence-corrected chi connectivity index (χ4v) is 2.49. The van der Waals surface area contributed by atoms with Crippen LogP contribution in [0.2, 0.25) is 5.02 Å². The first kappa shape index (κ1) is 13.7. The van der Waals surface area contributed by atoms with E-state index >= 15 is 0 Å². The Balaban J connectivity index is 1.77. The summed E-state index contributed by atoms with van der Waals surface area (Å²) >= 11 is 5.95. The van der Waals surface area contributed by atoms with Crippen LogP contribution in [0.25, 0.3) is 0 Å². The van der Waals surface area contributed by atoms with Gasteiger partial charge in [0, 0.05) is 17.9 Å². The molecule has 1 heterocycles. The Morgan fingerprint density at radius 3 is 2.78 bits per heavy atom. The minimum Gasteiger partial charge on any atom is -0.491 e. The number of halogens is 1. The van der Waals surface area contributed by atoms with E-state index in [2.05, 4.69) is 0 Å². The maximum atomic E-state index is 9.92. The van der Waals surface area contributed by atoms with Gasteiger partial charge in [-0.05, 0) is 30.7 Å². The summed E-state index contributed by atoms with van der Waals surface area (Å²) in [6.07, 6.45) is 2.16. The normalized spacial score (nSPS) is 17.9. The van der Waals surface area contributed by atoms with Crippen LogP contribution in [0, 0.1) is 6.92 Å². The summed E-state index contributed by atoms with van der Waals surface area (Å²) in [5.41, 5.74) is 0.994. The molecule has 1 aliphatic heterocycles. The van der Waals surface area contributed by atoms with E-state index in [0.29, 0.717) is 6.61 Å². The molecule has 100 valence electrons. The van der Waals surface area contributed by atoms with Crippen molar-refractivity contribution < 1.29 is 14.7 Å². The molecule has 0 aliphatic carbocycles. The van der Waals surface area contributed by atoms with E-state index in [1.54, 1.807) is 0 Å². The topological polar surface area (TPSA) is 33.9 Å². The van der Waals surface area contributed by atoms with Gasteiger partial charge in [0.2, 0.25) is 0 Å². The van der Waals surface area contributed by atoms with Crippen molar-refractivity contribution in [3.8, 4) is 5.75 Å². The summed E-state index contributed by atoms with van der Waals surface area (Å²) in [5.74, 6) is 0.771. The van der Waals surface area contributed by atoms with Gasteiger partial charge >= 0.3 is 0 Å². The van der Waals surface area contributed by atoms with Gasteiger partial charge in [-0.3, -0.25) is 0 Å². The summed E-state index contributed by atoms with van der Waals surface area (Å²) < 4.78 is 5.59. The van der Waals surface area contributed by atoms with E-state index in [1.807, 2.05) is 25.1 Å². The standard InChI is InChI=1S/C14H20ClNO2/c1-11-8-13(4-5-14(11)15)18-10-12(17)9-16-6-2-3-7-16/h4-5,8,12,17H,2-3,6-7,9-10H2,1H3/p+1. The number of hydrogen-bond donors (Lipinski definition) is 2. The molecule has 2 rings (SSSR count). The summed E-state index contributed by atoms with van der Waals surface area (Å²) in [6, 6.07) is 5.56. The molecule has 1 fully saturated rings. The highest BCUT2D eigenvalue weighted by atomic mass is 35.5. The number of aliphatic hydroxyl groups is 1. The Bertz CT molecular complexity index is 391. The minimum atomic E-state index is -0.394. The average molecular weight is 271 g/mol. The van der Waals surface area contributed by atoms with E-state index in [9.17, 15) is 5.11 Å². The Morgan fingerprint density at radius 2 is 2.11 bits per heavy atom. The number of likely N-dealkylation sites (tertiary alicyclic amines) is 1. The maximum Gasteiger partial charge on any atom is 0.137 e. The zero-order valence-electron chi connectivity index (χ0n) is 10.8. The highest BCUT2D eigenvalue weighted by Crippen LogP contribution is 2.20. The van der Waals surface area contributed by atoms with Crippen molar-refractivity contribution in [3.63, 3.8) is 0 Å². The number of quaternary nitrogens is 1. The van der Waals surface area contributed by atoms with Crippen LogP contribution in [-0.4, -0.2) is 37.5 Å². The van der Waals surface area contributed by atoms with Gasteiger partial charge in [0.1, 0.15) is 25.0 Å². The van der Waals surface area contributed by atoms with Gasteiger partial charge in [-0.25, -0.2) is 0 Å². The number of hydrogen-bond acceptors (Lipinski definition) is 2. The van der Waals surface area contributed by atoms with E-state index < -0.39 is 6.10 Å². The molecule has 1 saturated heterocycles. The van der Waals surface area contributed by atoms with Crippen molar-refractivity contribution in [3.05, 3.63) is 28.8 Å². The van der Waals surface area contributed by atoms with E-state index in [1.165, 1.54) is 30.8 Å². The van der Waals surface area contributed by atoms with Crippen LogP contribution in [0.1, 0.15) is 18.4 Å². The van der Waals surface area contributed by atoms with Gasteiger partial charge in [0.05, 0.1) is 13.1 Å². The third kappa shape index (κ3) is 3.87. The summed E-state index contributed by atoms with van der Waals surface area (Å²) in [6.45, 7) is 5.44. The lowest BCUT2D eigenvalue weighted by Crippen LogP contribution is -3.11. The quantitative estimate of drug-likeness (QED) is 0.839. The number of ether oxygens (including phenoxy) is 1. The smallest absolute Gasteiger partial charge is 0.137 e. The van der Waals surface area contributed by atoms with E-state index in [4.69, 9.17) is 16.3 Å². The second-order valence-corrected chi connectivity index (χ2v) is 5.44. The van der Waals surface area contributed by atoms with Crippen LogP contribution < -0.4 is 9.64 Å². The molecule has 0 amide bonds. The van der Waals surface area contributed by atoms with Gasteiger partial charge in [-0.15, -0.1) is 0 Å². The van der Waals surface area contributed by atoms with Crippen molar-refractivity contribution in [2.45, 2.75) is 25.9 Å². The molecular weight excluding hydrogens is 250 g/mol. The van der Waals surface area contributed by atoms with Crippen LogP contribution in [-0.2, 0) is 0 Å². The predicted molar refractivity (Wildman–Crippen MR) is 72.5 cm³/mol. The molecule has 1 aliphatic rings. The molecule has 3 nitrogen and oxygen atoms in total. The molecule has 1 atom stereocenters. The molecule has 0 aromatic heterocycles. The maximum absolute atomic E-state index is 9.92. The zero-order valence-corrected chi connectivity index (χ0v) is 11.5. The number of aliphatic hydroxyl groups excluding tert-OH is 1. The second kappa shape index (κ2) is 6.41. The molecule has 2 N–H and O–H groups in total. The van der Waals surface area contributed by atoms with Crippen LogP contribution in [0.4, 0.5) is 0 Å². The molecular formula is C14H21ClNO2+. The molecule has 1 aromatic rings. The molecule has 4 heteroatoms. The van der Waals surface area contributed by atoms with Crippen LogP contribution >= 0.6 is 11.6 Å².